The van der Waals surface area contributed by atoms with Gasteiger partial charge in [0.25, 0.3) is 5.91 Å². The molecular formula is C16H20N2O4. The van der Waals surface area contributed by atoms with Gasteiger partial charge in [0.1, 0.15) is 12.4 Å². The average Bonchev–Trinajstić information content (AvgIpc) is 2.91. The van der Waals surface area contributed by atoms with Gasteiger partial charge in [0.2, 0.25) is 0 Å². The number of rotatable bonds is 7. The summed E-state index contributed by atoms with van der Waals surface area (Å²) in [7, 11) is 1.58. The Balaban J connectivity index is 2.13. The Labute approximate surface area is 129 Å². The number of aromatic nitrogens is 1. The first kappa shape index (κ1) is 15.9. The number of hydrogen-bond donors (Lipinski definition) is 1. The number of nitrogens with one attached hydrogen (secondary N) is 1. The normalized spacial score (nSPS) is 10.3. The Hall–Kier alpha value is -2.50. The van der Waals surface area contributed by atoms with Crippen LogP contribution >= 0.6 is 0 Å². The van der Waals surface area contributed by atoms with Gasteiger partial charge in [-0.25, -0.2) is 0 Å². The fourth-order valence-electron chi connectivity index (χ4n) is 1.95. The molecule has 0 spiro atoms. The SMILES string of the molecule is CCCNC(=O)c1noc(C)c1COc1ccccc1OC. The molecule has 0 saturated carbocycles. The molecule has 6 nitrogen and oxygen atoms in total. The summed E-state index contributed by atoms with van der Waals surface area (Å²) in [5.41, 5.74) is 0.903. The second-order valence-electron chi connectivity index (χ2n) is 4.76. The fourth-order valence-corrected chi connectivity index (χ4v) is 1.95. The maximum atomic E-state index is 12.1. The third-order valence-electron chi connectivity index (χ3n) is 3.18. The van der Waals surface area contributed by atoms with E-state index in [0.29, 0.717) is 29.4 Å². The van der Waals surface area contributed by atoms with Gasteiger partial charge in [-0.2, -0.15) is 0 Å². The molecule has 0 atom stereocenters. The molecule has 22 heavy (non-hydrogen) atoms. The molecule has 0 saturated heterocycles. The standard InChI is InChI=1S/C16H20N2O4/c1-4-9-17-16(19)15-12(11(2)22-18-15)10-21-14-8-6-5-7-13(14)20-3/h5-8H,4,9-10H2,1-3H3,(H,17,19). The second-order valence-corrected chi connectivity index (χ2v) is 4.76. The van der Waals surface area contributed by atoms with Gasteiger partial charge in [0, 0.05) is 6.54 Å². The number of hydrogen-bond acceptors (Lipinski definition) is 5. The van der Waals surface area contributed by atoms with Crippen molar-refractivity contribution < 1.29 is 18.8 Å². The van der Waals surface area contributed by atoms with Crippen LogP contribution in [0.1, 0.15) is 35.2 Å². The lowest BCUT2D eigenvalue weighted by Crippen LogP contribution is -2.25. The van der Waals surface area contributed by atoms with Crippen molar-refractivity contribution in [2.24, 2.45) is 0 Å². The van der Waals surface area contributed by atoms with Crippen molar-refractivity contribution in [3.05, 3.63) is 41.3 Å². The van der Waals surface area contributed by atoms with E-state index in [2.05, 4.69) is 10.5 Å². The summed E-state index contributed by atoms with van der Waals surface area (Å²) in [5, 5.41) is 6.61. The number of benzene rings is 1. The van der Waals surface area contributed by atoms with Gasteiger partial charge in [0.05, 0.1) is 12.7 Å². The first-order valence-corrected chi connectivity index (χ1v) is 7.16. The van der Waals surface area contributed by atoms with Crippen LogP contribution < -0.4 is 14.8 Å². The highest BCUT2D eigenvalue weighted by Gasteiger charge is 2.20. The van der Waals surface area contributed by atoms with E-state index in [0.717, 1.165) is 6.42 Å². The number of ether oxygens (including phenoxy) is 2. The molecule has 1 aromatic heterocycles. The molecular weight excluding hydrogens is 284 g/mol. The molecule has 0 fully saturated rings. The molecule has 2 aromatic rings. The molecule has 1 N–H and O–H groups in total. The highest BCUT2D eigenvalue weighted by Crippen LogP contribution is 2.27. The van der Waals surface area contributed by atoms with Crippen LogP contribution in [0.25, 0.3) is 0 Å². The van der Waals surface area contributed by atoms with E-state index in [1.807, 2.05) is 25.1 Å². The Morgan fingerprint density at radius 2 is 2.05 bits per heavy atom. The molecule has 118 valence electrons. The molecule has 6 heteroatoms. The van der Waals surface area contributed by atoms with Crippen LogP contribution in [0.3, 0.4) is 0 Å². The molecule has 0 bridgehead atoms. The van der Waals surface area contributed by atoms with Gasteiger partial charge in [0.15, 0.2) is 17.2 Å². The number of carbonyl (C=O) groups excluding carboxylic acids is 1. The van der Waals surface area contributed by atoms with E-state index >= 15 is 0 Å². The van der Waals surface area contributed by atoms with Crippen LogP contribution in [-0.4, -0.2) is 24.7 Å². The zero-order valence-electron chi connectivity index (χ0n) is 13.0. The Morgan fingerprint density at radius 1 is 1.32 bits per heavy atom. The van der Waals surface area contributed by atoms with Gasteiger partial charge in [-0.15, -0.1) is 0 Å². The van der Waals surface area contributed by atoms with Crippen LogP contribution in [-0.2, 0) is 6.61 Å². The summed E-state index contributed by atoms with van der Waals surface area (Å²) in [6.07, 6.45) is 0.857. The highest BCUT2D eigenvalue weighted by molar-refractivity contribution is 5.93. The van der Waals surface area contributed by atoms with Crippen molar-refractivity contribution in [1.29, 1.82) is 0 Å². The van der Waals surface area contributed by atoms with E-state index in [1.165, 1.54) is 0 Å². The molecule has 1 amide bonds. The van der Waals surface area contributed by atoms with Crippen LogP contribution in [0.5, 0.6) is 11.5 Å². The van der Waals surface area contributed by atoms with E-state index in [9.17, 15) is 4.79 Å². The monoisotopic (exact) mass is 304 g/mol. The third kappa shape index (κ3) is 3.58. The topological polar surface area (TPSA) is 73.6 Å². The zero-order valence-corrected chi connectivity index (χ0v) is 13.0. The number of carbonyl (C=O) groups is 1. The molecule has 0 aliphatic carbocycles. The van der Waals surface area contributed by atoms with Gasteiger partial charge >= 0.3 is 0 Å². The lowest BCUT2D eigenvalue weighted by atomic mass is 10.2. The summed E-state index contributed by atoms with van der Waals surface area (Å²) in [6, 6.07) is 7.33. The third-order valence-corrected chi connectivity index (χ3v) is 3.18. The maximum Gasteiger partial charge on any atom is 0.273 e. The molecule has 0 aliphatic rings. The maximum absolute atomic E-state index is 12.1. The van der Waals surface area contributed by atoms with E-state index < -0.39 is 0 Å². The number of amides is 1. The van der Waals surface area contributed by atoms with Crippen molar-refractivity contribution >= 4 is 5.91 Å². The summed E-state index contributed by atoms with van der Waals surface area (Å²) in [6.45, 7) is 4.52. The Morgan fingerprint density at radius 3 is 2.73 bits per heavy atom. The van der Waals surface area contributed by atoms with Crippen LogP contribution in [0, 0.1) is 6.92 Å². The first-order chi connectivity index (χ1) is 10.7. The van der Waals surface area contributed by atoms with Gasteiger partial charge in [-0.3, -0.25) is 4.79 Å². The second kappa shape index (κ2) is 7.49. The lowest BCUT2D eigenvalue weighted by Gasteiger charge is -2.10. The molecule has 1 aromatic carbocycles. The Bertz CT molecular complexity index is 637. The lowest BCUT2D eigenvalue weighted by molar-refractivity contribution is 0.0942. The summed E-state index contributed by atoms with van der Waals surface area (Å²) >= 11 is 0. The largest absolute Gasteiger partial charge is 0.493 e. The van der Waals surface area contributed by atoms with Gasteiger partial charge in [-0.1, -0.05) is 24.2 Å². The molecule has 0 aliphatic heterocycles. The number of para-hydroxylation sites is 2. The Kier molecular flexibility index (Phi) is 5.41. The van der Waals surface area contributed by atoms with E-state index in [4.69, 9.17) is 14.0 Å². The predicted octanol–water partition coefficient (Wildman–Crippen LogP) is 2.71. The number of aryl methyl sites for hydroxylation is 1. The van der Waals surface area contributed by atoms with Crippen molar-refractivity contribution in [3.63, 3.8) is 0 Å². The predicted molar refractivity (Wildman–Crippen MR) is 81.2 cm³/mol. The van der Waals surface area contributed by atoms with Crippen molar-refractivity contribution in [2.45, 2.75) is 26.9 Å². The summed E-state index contributed by atoms with van der Waals surface area (Å²) in [4.78, 5) is 12.1. The quantitative estimate of drug-likeness (QED) is 0.851. The summed E-state index contributed by atoms with van der Waals surface area (Å²) in [5.74, 6) is 1.55. The van der Waals surface area contributed by atoms with E-state index in [-0.39, 0.29) is 18.2 Å². The molecule has 0 unspecified atom stereocenters. The zero-order chi connectivity index (χ0) is 15.9. The molecule has 2 rings (SSSR count). The van der Waals surface area contributed by atoms with Crippen LogP contribution in [0.4, 0.5) is 0 Å². The minimum absolute atomic E-state index is 0.185. The number of methoxy groups -OCH3 is 1. The van der Waals surface area contributed by atoms with Crippen molar-refractivity contribution in [2.75, 3.05) is 13.7 Å². The minimum atomic E-state index is -0.252. The number of nitrogens with zero attached hydrogens (tertiary/aromatic N) is 1. The van der Waals surface area contributed by atoms with Crippen LogP contribution in [0.2, 0.25) is 0 Å². The molecule has 0 radical (unpaired) electrons. The van der Waals surface area contributed by atoms with Crippen molar-refractivity contribution in [3.8, 4) is 11.5 Å². The molecule has 1 heterocycles. The van der Waals surface area contributed by atoms with E-state index in [1.54, 1.807) is 20.1 Å². The van der Waals surface area contributed by atoms with Crippen LogP contribution in [0.15, 0.2) is 28.8 Å². The minimum Gasteiger partial charge on any atom is -0.493 e. The first-order valence-electron chi connectivity index (χ1n) is 7.16. The van der Waals surface area contributed by atoms with Crippen molar-refractivity contribution in [1.82, 2.24) is 10.5 Å². The fraction of sp³-hybridized carbons (Fsp3) is 0.375. The van der Waals surface area contributed by atoms with Gasteiger partial charge in [-0.05, 0) is 25.5 Å². The highest BCUT2D eigenvalue weighted by atomic mass is 16.5. The van der Waals surface area contributed by atoms with Gasteiger partial charge < -0.3 is 19.3 Å². The average molecular weight is 304 g/mol. The smallest absolute Gasteiger partial charge is 0.273 e. The summed E-state index contributed by atoms with van der Waals surface area (Å²) < 4.78 is 16.1.